The van der Waals surface area contributed by atoms with E-state index in [0.29, 0.717) is 18.2 Å². The largest absolute Gasteiger partial charge is 0.370 e. The number of nitrogens with zero attached hydrogens (tertiary/aromatic N) is 2. The molecule has 1 saturated heterocycles. The monoisotopic (exact) mass is 377 g/mol. The van der Waals surface area contributed by atoms with Crippen LogP contribution in [0.2, 0.25) is 0 Å². The van der Waals surface area contributed by atoms with Crippen molar-refractivity contribution in [3.8, 4) is 0 Å². The zero-order valence-electron chi connectivity index (χ0n) is 15.7. The molecule has 7 nitrogen and oxygen atoms in total. The molecule has 1 heterocycles. The number of urea groups is 1. The van der Waals surface area contributed by atoms with Gasteiger partial charge in [-0.15, -0.1) is 0 Å². The van der Waals surface area contributed by atoms with E-state index >= 15 is 0 Å². The van der Waals surface area contributed by atoms with Crippen molar-refractivity contribution in [2.45, 2.75) is 31.8 Å². The quantitative estimate of drug-likeness (QED) is 0.424. The van der Waals surface area contributed by atoms with Gasteiger partial charge in [-0.3, -0.25) is 4.79 Å². The number of hydrogen-bond donors (Lipinski definition) is 3. The normalized spacial score (nSPS) is 22.3. The summed E-state index contributed by atoms with van der Waals surface area (Å²) < 4.78 is 0. The molecule has 0 spiro atoms. The molecule has 0 bridgehead atoms. The number of imide groups is 1. The molecule has 4 rings (SSSR count). The summed E-state index contributed by atoms with van der Waals surface area (Å²) in [4.78, 5) is 30.9. The zero-order chi connectivity index (χ0) is 19.7. The summed E-state index contributed by atoms with van der Waals surface area (Å²) in [7, 11) is 0. The van der Waals surface area contributed by atoms with Crippen LogP contribution in [0.4, 0.5) is 16.2 Å². The summed E-state index contributed by atoms with van der Waals surface area (Å²) in [5.41, 5.74) is 7.41. The molecular weight excluding hydrogens is 354 g/mol. The molecule has 144 valence electrons. The van der Waals surface area contributed by atoms with E-state index in [-0.39, 0.29) is 17.9 Å². The Bertz CT molecular complexity index is 939. The van der Waals surface area contributed by atoms with Gasteiger partial charge in [-0.05, 0) is 55.5 Å². The number of carbonyl (C=O) groups excluding carboxylic acids is 2. The van der Waals surface area contributed by atoms with E-state index in [1.807, 2.05) is 49.4 Å². The summed E-state index contributed by atoms with van der Waals surface area (Å²) >= 11 is 0. The van der Waals surface area contributed by atoms with Crippen LogP contribution in [0.3, 0.4) is 0 Å². The Morgan fingerprint density at radius 1 is 1.21 bits per heavy atom. The summed E-state index contributed by atoms with van der Waals surface area (Å²) in [5.74, 6) is 0.337. The third-order valence-electron chi connectivity index (χ3n) is 5.26. The Hall–Kier alpha value is -3.35. The van der Waals surface area contributed by atoms with Gasteiger partial charge in [0, 0.05) is 5.69 Å². The third-order valence-corrected chi connectivity index (χ3v) is 5.26. The van der Waals surface area contributed by atoms with Gasteiger partial charge < -0.3 is 16.4 Å². The van der Waals surface area contributed by atoms with Gasteiger partial charge in [0.2, 0.25) is 0 Å². The minimum absolute atomic E-state index is 0.189. The first kappa shape index (κ1) is 18.0. The minimum atomic E-state index is -0.796. The number of nitrogens with one attached hydrogen (secondary N) is 2. The molecule has 3 amide bonds. The molecule has 1 unspecified atom stereocenters. The van der Waals surface area contributed by atoms with Crippen molar-refractivity contribution < 1.29 is 9.59 Å². The molecule has 2 aromatic rings. The fraction of sp³-hybridized carbons (Fsp3) is 0.286. The van der Waals surface area contributed by atoms with Crippen LogP contribution in [0, 0.1) is 5.92 Å². The molecule has 0 radical (unpaired) electrons. The van der Waals surface area contributed by atoms with Crippen molar-refractivity contribution >= 4 is 29.3 Å². The van der Waals surface area contributed by atoms with Gasteiger partial charge in [0.15, 0.2) is 5.96 Å². The average Bonchev–Trinajstić information content (AvgIpc) is 3.50. The van der Waals surface area contributed by atoms with Crippen molar-refractivity contribution in [3.05, 3.63) is 60.2 Å². The molecule has 1 aliphatic heterocycles. The topological polar surface area (TPSA) is 99.8 Å². The van der Waals surface area contributed by atoms with E-state index < -0.39 is 5.54 Å². The van der Waals surface area contributed by atoms with E-state index in [0.717, 1.165) is 24.1 Å². The second kappa shape index (κ2) is 6.99. The van der Waals surface area contributed by atoms with Crippen LogP contribution < -0.4 is 21.3 Å². The number of para-hydroxylation sites is 1. The number of hydrogen-bond acceptors (Lipinski definition) is 3. The van der Waals surface area contributed by atoms with Gasteiger partial charge >= 0.3 is 6.03 Å². The first-order chi connectivity index (χ1) is 13.5. The van der Waals surface area contributed by atoms with Crippen LogP contribution in [0.25, 0.3) is 0 Å². The summed E-state index contributed by atoms with van der Waals surface area (Å²) in [6, 6.07) is 16.4. The zero-order valence-corrected chi connectivity index (χ0v) is 15.7. The maximum absolute atomic E-state index is 12.9. The van der Waals surface area contributed by atoms with Crippen molar-refractivity contribution in [1.82, 2.24) is 5.32 Å². The lowest BCUT2D eigenvalue weighted by Gasteiger charge is -2.21. The lowest BCUT2D eigenvalue weighted by molar-refractivity contribution is -0.122. The molecule has 2 aromatic carbocycles. The molecule has 1 aliphatic carbocycles. The molecule has 2 aliphatic rings. The number of rotatable bonds is 5. The second-order valence-corrected chi connectivity index (χ2v) is 7.41. The first-order valence-electron chi connectivity index (χ1n) is 9.35. The summed E-state index contributed by atoms with van der Waals surface area (Å²) in [5, 5.41) is 5.89. The van der Waals surface area contributed by atoms with Gasteiger partial charge in [-0.2, -0.15) is 0 Å². The highest BCUT2D eigenvalue weighted by Gasteiger charge is 2.56. The Balaban J connectivity index is 1.48. The predicted octanol–water partition coefficient (Wildman–Crippen LogP) is 2.84. The Labute approximate surface area is 163 Å². The fourth-order valence-electron chi connectivity index (χ4n) is 3.51. The van der Waals surface area contributed by atoms with Gasteiger partial charge in [-0.25, -0.2) is 14.7 Å². The Morgan fingerprint density at radius 3 is 2.68 bits per heavy atom. The summed E-state index contributed by atoms with van der Waals surface area (Å²) in [6.45, 7) is 2.15. The number of aliphatic imine (C=N–C) groups is 1. The van der Waals surface area contributed by atoms with Crippen LogP contribution in [0.5, 0.6) is 0 Å². The van der Waals surface area contributed by atoms with Crippen LogP contribution in [0.1, 0.15) is 25.3 Å². The Morgan fingerprint density at radius 2 is 1.96 bits per heavy atom. The smallest absolute Gasteiger partial charge is 0.329 e. The number of benzene rings is 2. The lowest BCUT2D eigenvalue weighted by atomic mass is 9.96. The van der Waals surface area contributed by atoms with Gasteiger partial charge in [0.1, 0.15) is 5.54 Å². The van der Waals surface area contributed by atoms with Crippen molar-refractivity contribution in [3.63, 3.8) is 0 Å². The molecule has 4 N–H and O–H groups in total. The molecule has 28 heavy (non-hydrogen) atoms. The summed E-state index contributed by atoms with van der Waals surface area (Å²) in [6.07, 6.45) is 1.94. The molecule has 2 fully saturated rings. The number of guanidine groups is 1. The Kier molecular flexibility index (Phi) is 4.50. The van der Waals surface area contributed by atoms with Crippen molar-refractivity contribution in [1.29, 1.82) is 0 Å². The highest BCUT2D eigenvalue weighted by atomic mass is 16.2. The number of amides is 3. The standard InChI is InChI=1S/C21H23N5O2/c1-21(15-10-11-15)18(27)26(20(28)25-21)17-9-5-6-14(12-17)13-23-19(22)24-16-7-3-2-4-8-16/h2-9,12,15H,10-11,13H2,1H3,(H,25,28)(H3,22,23,24). The lowest BCUT2D eigenvalue weighted by Crippen LogP contribution is -2.46. The highest BCUT2D eigenvalue weighted by Crippen LogP contribution is 2.43. The maximum atomic E-state index is 12.9. The van der Waals surface area contributed by atoms with Crippen molar-refractivity contribution in [2.24, 2.45) is 16.6 Å². The third kappa shape index (κ3) is 3.43. The molecule has 0 aromatic heterocycles. The number of anilines is 2. The van der Waals surface area contributed by atoms with Crippen LogP contribution in [-0.2, 0) is 11.3 Å². The average molecular weight is 377 g/mol. The van der Waals surface area contributed by atoms with Gasteiger partial charge in [0.05, 0.1) is 12.2 Å². The van der Waals surface area contributed by atoms with Gasteiger partial charge in [0.25, 0.3) is 5.91 Å². The molecule has 1 atom stereocenters. The molecular formula is C21H23N5O2. The fourth-order valence-corrected chi connectivity index (χ4v) is 3.51. The van der Waals surface area contributed by atoms with E-state index in [9.17, 15) is 9.59 Å². The molecule has 1 saturated carbocycles. The van der Waals surface area contributed by atoms with E-state index in [4.69, 9.17) is 5.73 Å². The van der Waals surface area contributed by atoms with Crippen LogP contribution in [0.15, 0.2) is 59.6 Å². The second-order valence-electron chi connectivity index (χ2n) is 7.41. The van der Waals surface area contributed by atoms with Crippen LogP contribution in [-0.4, -0.2) is 23.4 Å². The van der Waals surface area contributed by atoms with Gasteiger partial charge in [-0.1, -0.05) is 30.3 Å². The van der Waals surface area contributed by atoms with E-state index in [1.165, 1.54) is 4.90 Å². The van der Waals surface area contributed by atoms with E-state index in [2.05, 4.69) is 15.6 Å². The van der Waals surface area contributed by atoms with E-state index in [1.54, 1.807) is 12.1 Å². The number of nitrogens with two attached hydrogens (primary N) is 1. The van der Waals surface area contributed by atoms with Crippen molar-refractivity contribution in [2.75, 3.05) is 10.2 Å². The van der Waals surface area contributed by atoms with Crippen LogP contribution >= 0.6 is 0 Å². The highest BCUT2D eigenvalue weighted by molar-refractivity contribution is 6.23. The maximum Gasteiger partial charge on any atom is 0.329 e. The minimum Gasteiger partial charge on any atom is -0.370 e. The SMILES string of the molecule is CC1(C2CC2)NC(=O)N(c2cccc(CN=C(N)Nc3ccccc3)c2)C1=O. The molecule has 7 heteroatoms. The first-order valence-corrected chi connectivity index (χ1v) is 9.35. The predicted molar refractivity (Wildman–Crippen MR) is 109 cm³/mol. The number of carbonyl (C=O) groups is 2.